The van der Waals surface area contributed by atoms with Crippen LogP contribution >= 0.6 is 0 Å². The molecule has 2 aromatic rings. The molecule has 1 aromatic carbocycles. The Morgan fingerprint density at radius 1 is 1.11 bits per heavy atom. The summed E-state index contributed by atoms with van der Waals surface area (Å²) < 4.78 is 82.3. The van der Waals surface area contributed by atoms with E-state index in [2.05, 4.69) is 19.8 Å². The minimum Gasteiger partial charge on any atom is -0.483 e. The Kier molecular flexibility index (Phi) is 7.07. The molecule has 1 amide bonds. The summed E-state index contributed by atoms with van der Waals surface area (Å²) in [5, 5.41) is 2.47. The number of benzene rings is 1. The third-order valence-electron chi connectivity index (χ3n) is 3.17. The van der Waals surface area contributed by atoms with E-state index in [1.807, 2.05) is 0 Å². The summed E-state index contributed by atoms with van der Waals surface area (Å²) in [6.07, 6.45) is -9.54. The predicted octanol–water partition coefficient (Wildman–Crippen LogP) is 3.89. The summed E-state index contributed by atoms with van der Waals surface area (Å²) in [5.74, 6) is -0.945. The van der Waals surface area contributed by atoms with Crippen molar-refractivity contribution in [3.05, 3.63) is 53.9 Å². The van der Waals surface area contributed by atoms with E-state index in [-0.39, 0.29) is 23.6 Å². The molecule has 28 heavy (non-hydrogen) atoms. The van der Waals surface area contributed by atoms with E-state index >= 15 is 0 Å². The van der Waals surface area contributed by atoms with Gasteiger partial charge >= 0.3 is 12.6 Å². The molecule has 1 unspecified atom stereocenters. The number of ether oxygens (including phenoxy) is 2. The lowest BCUT2D eigenvalue weighted by atomic mass is 10.2. The van der Waals surface area contributed by atoms with Gasteiger partial charge in [-0.3, -0.25) is 9.78 Å². The van der Waals surface area contributed by atoms with Crippen LogP contribution in [0, 0.1) is 0 Å². The molecular formula is C17H14F6N2O3. The van der Waals surface area contributed by atoms with Crippen LogP contribution in [0.2, 0.25) is 0 Å². The molecule has 5 nitrogen and oxygen atoms in total. The molecule has 11 heteroatoms. The van der Waals surface area contributed by atoms with Gasteiger partial charge in [0.25, 0.3) is 12.3 Å². The van der Waals surface area contributed by atoms with Crippen molar-refractivity contribution >= 4 is 5.91 Å². The van der Waals surface area contributed by atoms with Crippen molar-refractivity contribution < 1.29 is 40.6 Å². The van der Waals surface area contributed by atoms with Crippen molar-refractivity contribution in [2.75, 3.05) is 6.61 Å². The molecule has 0 saturated carbocycles. The van der Waals surface area contributed by atoms with Gasteiger partial charge in [-0.2, -0.15) is 17.6 Å². The van der Waals surface area contributed by atoms with Crippen molar-refractivity contribution in [2.45, 2.75) is 25.5 Å². The minimum absolute atomic E-state index is 0.0316. The van der Waals surface area contributed by atoms with Crippen LogP contribution in [0.4, 0.5) is 26.3 Å². The number of carbonyl (C=O) groups is 1. The number of carbonyl (C=O) groups excluding carboxylic acids is 1. The van der Waals surface area contributed by atoms with Crippen LogP contribution in [0.3, 0.4) is 0 Å². The van der Waals surface area contributed by atoms with Crippen LogP contribution in [0.15, 0.2) is 42.6 Å². The molecule has 0 radical (unpaired) electrons. The van der Waals surface area contributed by atoms with Gasteiger partial charge in [0.05, 0.1) is 18.4 Å². The van der Waals surface area contributed by atoms with E-state index in [1.54, 1.807) is 0 Å². The van der Waals surface area contributed by atoms with Gasteiger partial charge in [-0.1, -0.05) is 6.07 Å². The fourth-order valence-corrected chi connectivity index (χ4v) is 1.93. The van der Waals surface area contributed by atoms with Crippen LogP contribution in [-0.2, 0) is 6.54 Å². The van der Waals surface area contributed by atoms with Gasteiger partial charge in [0.2, 0.25) is 0 Å². The lowest BCUT2D eigenvalue weighted by Gasteiger charge is -2.11. The van der Waals surface area contributed by atoms with Crippen LogP contribution in [0.5, 0.6) is 11.5 Å². The monoisotopic (exact) mass is 408 g/mol. The molecule has 0 fully saturated rings. The first kappa shape index (κ1) is 21.3. The maximum atomic E-state index is 12.9. The summed E-state index contributed by atoms with van der Waals surface area (Å²) in [7, 11) is 0. The predicted molar refractivity (Wildman–Crippen MR) is 84.9 cm³/mol. The molecule has 152 valence electrons. The SMILES string of the molecule is O=C(NCc1ccc(OCC(F)(F)F)cn1)c1cccc(OC(F)C(F)F)c1. The number of nitrogens with one attached hydrogen (secondary N) is 1. The van der Waals surface area contributed by atoms with Gasteiger partial charge < -0.3 is 14.8 Å². The van der Waals surface area contributed by atoms with Crippen molar-refractivity contribution in [3.63, 3.8) is 0 Å². The molecule has 0 saturated heterocycles. The second-order valence-electron chi connectivity index (χ2n) is 5.40. The topological polar surface area (TPSA) is 60.5 Å². The number of halogens is 6. The van der Waals surface area contributed by atoms with Gasteiger partial charge in [0.15, 0.2) is 6.61 Å². The lowest BCUT2D eigenvalue weighted by Crippen LogP contribution is -2.24. The van der Waals surface area contributed by atoms with Crippen LogP contribution in [-0.4, -0.2) is 36.5 Å². The van der Waals surface area contributed by atoms with Crippen molar-refractivity contribution in [3.8, 4) is 11.5 Å². The second kappa shape index (κ2) is 9.29. The minimum atomic E-state index is -4.47. The largest absolute Gasteiger partial charge is 0.483 e. The van der Waals surface area contributed by atoms with Crippen molar-refractivity contribution in [1.82, 2.24) is 10.3 Å². The zero-order chi connectivity index (χ0) is 20.7. The summed E-state index contributed by atoms with van der Waals surface area (Å²) in [6, 6.07) is 7.62. The van der Waals surface area contributed by atoms with Gasteiger partial charge in [-0.15, -0.1) is 0 Å². The normalized spacial score (nSPS) is 12.5. The number of pyridine rings is 1. The van der Waals surface area contributed by atoms with Gasteiger partial charge in [-0.25, -0.2) is 8.78 Å². The molecule has 1 N–H and O–H groups in total. The lowest BCUT2D eigenvalue weighted by molar-refractivity contribution is -0.153. The first-order valence-electron chi connectivity index (χ1n) is 7.75. The Bertz CT molecular complexity index is 783. The molecule has 1 heterocycles. The zero-order valence-electron chi connectivity index (χ0n) is 14.1. The van der Waals surface area contributed by atoms with Crippen molar-refractivity contribution in [2.24, 2.45) is 0 Å². The smallest absolute Gasteiger partial charge is 0.422 e. The van der Waals surface area contributed by atoms with Crippen molar-refractivity contribution in [1.29, 1.82) is 0 Å². The zero-order valence-corrected chi connectivity index (χ0v) is 14.1. The molecule has 1 atom stereocenters. The molecule has 0 bridgehead atoms. The first-order valence-corrected chi connectivity index (χ1v) is 7.75. The summed E-state index contributed by atoms with van der Waals surface area (Å²) >= 11 is 0. The average Bonchev–Trinajstić information content (AvgIpc) is 2.64. The third-order valence-corrected chi connectivity index (χ3v) is 3.17. The quantitative estimate of drug-likeness (QED) is 0.674. The number of alkyl halides is 6. The standard InChI is InChI=1S/C17H14F6N2O3/c18-14(19)15(20)28-12-3-1-2-10(6-12)16(26)25-7-11-4-5-13(8-24-11)27-9-17(21,22)23/h1-6,8,14-15H,7,9H2,(H,25,26). The molecule has 0 aliphatic carbocycles. The fourth-order valence-electron chi connectivity index (χ4n) is 1.93. The fraction of sp³-hybridized carbons (Fsp3) is 0.294. The maximum absolute atomic E-state index is 12.9. The van der Waals surface area contributed by atoms with E-state index in [1.165, 1.54) is 30.3 Å². The Morgan fingerprint density at radius 2 is 1.86 bits per heavy atom. The Morgan fingerprint density at radius 3 is 2.46 bits per heavy atom. The van der Waals surface area contributed by atoms with E-state index in [0.29, 0.717) is 5.69 Å². The highest BCUT2D eigenvalue weighted by Crippen LogP contribution is 2.19. The number of aromatic nitrogens is 1. The highest BCUT2D eigenvalue weighted by molar-refractivity contribution is 5.94. The Balaban J connectivity index is 1.90. The first-order chi connectivity index (χ1) is 13.1. The number of rotatable bonds is 8. The number of nitrogens with zero attached hydrogens (tertiary/aromatic N) is 1. The Labute approximate surface area is 155 Å². The number of hydrogen-bond donors (Lipinski definition) is 1. The van der Waals surface area contributed by atoms with Gasteiger partial charge in [-0.05, 0) is 30.3 Å². The summed E-state index contributed by atoms with van der Waals surface area (Å²) in [6.45, 7) is -1.51. The molecular weight excluding hydrogens is 394 g/mol. The van der Waals surface area contributed by atoms with E-state index < -0.39 is 31.5 Å². The molecule has 0 aliphatic heterocycles. The summed E-state index contributed by atoms with van der Waals surface area (Å²) in [5.41, 5.74) is 0.366. The van der Waals surface area contributed by atoms with E-state index in [9.17, 15) is 31.1 Å². The summed E-state index contributed by atoms with van der Waals surface area (Å²) in [4.78, 5) is 15.9. The number of amides is 1. The molecule has 0 aliphatic rings. The second-order valence-corrected chi connectivity index (χ2v) is 5.40. The number of hydrogen-bond acceptors (Lipinski definition) is 4. The van der Waals surface area contributed by atoms with E-state index in [4.69, 9.17) is 0 Å². The van der Waals surface area contributed by atoms with Crippen LogP contribution in [0.1, 0.15) is 16.1 Å². The molecule has 0 spiro atoms. The van der Waals surface area contributed by atoms with Crippen LogP contribution in [0.25, 0.3) is 0 Å². The Hall–Kier alpha value is -2.98. The van der Waals surface area contributed by atoms with Gasteiger partial charge in [0, 0.05) is 5.56 Å². The molecule has 2 rings (SSSR count). The third kappa shape index (κ3) is 6.97. The maximum Gasteiger partial charge on any atom is 0.422 e. The van der Waals surface area contributed by atoms with E-state index in [0.717, 1.165) is 12.3 Å². The average molecular weight is 408 g/mol. The van der Waals surface area contributed by atoms with Crippen LogP contribution < -0.4 is 14.8 Å². The highest BCUT2D eigenvalue weighted by atomic mass is 19.4. The molecule has 1 aromatic heterocycles. The highest BCUT2D eigenvalue weighted by Gasteiger charge is 2.28. The van der Waals surface area contributed by atoms with Gasteiger partial charge in [0.1, 0.15) is 11.5 Å².